The van der Waals surface area contributed by atoms with Crippen LogP contribution in [0.3, 0.4) is 0 Å². The van der Waals surface area contributed by atoms with Crippen molar-refractivity contribution in [2.75, 3.05) is 13.9 Å². The molecule has 0 radical (unpaired) electrons. The molecule has 2 N–H and O–H groups in total. The SMILES string of the molecule is COCOc1ccc(-c2ccc3c(c2)CCC(C)(C)C3NC(=O)O)cc1. The molecule has 0 fully saturated rings. The summed E-state index contributed by atoms with van der Waals surface area (Å²) < 4.78 is 10.3. The Morgan fingerprint density at radius 1 is 1.19 bits per heavy atom. The van der Waals surface area contributed by atoms with Crippen LogP contribution >= 0.6 is 0 Å². The van der Waals surface area contributed by atoms with Crippen molar-refractivity contribution >= 4 is 6.09 Å². The van der Waals surface area contributed by atoms with Crippen molar-refractivity contribution in [3.63, 3.8) is 0 Å². The van der Waals surface area contributed by atoms with Crippen molar-refractivity contribution in [1.29, 1.82) is 0 Å². The number of methoxy groups -OCH3 is 1. The first-order chi connectivity index (χ1) is 12.4. The van der Waals surface area contributed by atoms with Gasteiger partial charge in [0.25, 0.3) is 0 Å². The van der Waals surface area contributed by atoms with E-state index >= 15 is 0 Å². The minimum absolute atomic E-state index is 0.104. The zero-order valence-electron chi connectivity index (χ0n) is 15.4. The average Bonchev–Trinajstić information content (AvgIpc) is 2.62. The van der Waals surface area contributed by atoms with Crippen LogP contribution in [0.1, 0.15) is 37.4 Å². The van der Waals surface area contributed by atoms with Gasteiger partial charge in [-0.2, -0.15) is 0 Å². The fourth-order valence-corrected chi connectivity index (χ4v) is 3.57. The number of aryl methyl sites for hydroxylation is 1. The number of nitrogens with one attached hydrogen (secondary N) is 1. The Balaban J connectivity index is 1.88. The Morgan fingerprint density at radius 3 is 2.54 bits per heavy atom. The minimum Gasteiger partial charge on any atom is -0.468 e. The van der Waals surface area contributed by atoms with Crippen LogP contribution in [0.25, 0.3) is 11.1 Å². The molecule has 1 atom stereocenters. The number of carboxylic acid groups (broad SMARTS) is 1. The molecule has 0 saturated heterocycles. The summed E-state index contributed by atoms with van der Waals surface area (Å²) in [4.78, 5) is 11.2. The topological polar surface area (TPSA) is 67.8 Å². The highest BCUT2D eigenvalue weighted by Crippen LogP contribution is 2.44. The maximum absolute atomic E-state index is 11.2. The molecule has 26 heavy (non-hydrogen) atoms. The van der Waals surface area contributed by atoms with Crippen LogP contribution in [0, 0.1) is 5.41 Å². The van der Waals surface area contributed by atoms with Gasteiger partial charge in [0.05, 0.1) is 6.04 Å². The van der Waals surface area contributed by atoms with E-state index in [1.54, 1.807) is 7.11 Å². The summed E-state index contributed by atoms with van der Waals surface area (Å²) in [6.45, 7) is 4.46. The lowest BCUT2D eigenvalue weighted by Gasteiger charge is -2.40. The Morgan fingerprint density at radius 2 is 1.88 bits per heavy atom. The highest BCUT2D eigenvalue weighted by molar-refractivity contribution is 5.68. The van der Waals surface area contributed by atoms with Crippen LogP contribution in [-0.4, -0.2) is 25.1 Å². The number of hydrogen-bond donors (Lipinski definition) is 2. The third kappa shape index (κ3) is 3.83. The van der Waals surface area contributed by atoms with Gasteiger partial charge in [0.1, 0.15) is 5.75 Å². The Kier molecular flexibility index (Phi) is 5.18. The number of rotatable bonds is 5. The van der Waals surface area contributed by atoms with Crippen molar-refractivity contribution in [2.45, 2.75) is 32.7 Å². The quantitative estimate of drug-likeness (QED) is 0.768. The summed E-state index contributed by atoms with van der Waals surface area (Å²) in [7, 11) is 1.59. The minimum atomic E-state index is -0.980. The molecule has 2 aromatic carbocycles. The van der Waals surface area contributed by atoms with E-state index in [-0.39, 0.29) is 18.2 Å². The van der Waals surface area contributed by atoms with Gasteiger partial charge in [-0.15, -0.1) is 0 Å². The van der Waals surface area contributed by atoms with Crippen LogP contribution < -0.4 is 10.1 Å². The predicted octanol–water partition coefficient (Wildman–Crippen LogP) is 4.62. The standard InChI is InChI=1S/C21H25NO4/c1-21(2)11-10-16-12-15(6-9-18(16)19(21)22-20(23)24)14-4-7-17(8-5-14)26-13-25-3/h4-9,12,19,22H,10-11,13H2,1-3H3,(H,23,24). The fourth-order valence-electron chi connectivity index (χ4n) is 3.57. The van der Waals surface area contributed by atoms with Gasteiger partial charge < -0.3 is 19.9 Å². The highest BCUT2D eigenvalue weighted by Gasteiger charge is 2.36. The molecule has 0 bridgehead atoms. The summed E-state index contributed by atoms with van der Waals surface area (Å²) in [5, 5.41) is 11.9. The van der Waals surface area contributed by atoms with Gasteiger partial charge >= 0.3 is 6.09 Å². The normalized spacial score (nSPS) is 18.0. The molecular formula is C21H25NO4. The maximum Gasteiger partial charge on any atom is 0.405 e. The van der Waals surface area contributed by atoms with E-state index < -0.39 is 6.09 Å². The second-order valence-electron chi connectivity index (χ2n) is 7.36. The zero-order chi connectivity index (χ0) is 18.7. The summed E-state index contributed by atoms with van der Waals surface area (Å²) in [6.07, 6.45) is 0.910. The summed E-state index contributed by atoms with van der Waals surface area (Å²) in [5.74, 6) is 0.765. The molecule has 0 aromatic heterocycles. The van der Waals surface area contributed by atoms with E-state index in [1.807, 2.05) is 24.3 Å². The molecule has 1 amide bonds. The Bertz CT molecular complexity index is 783. The van der Waals surface area contributed by atoms with Gasteiger partial charge in [-0.1, -0.05) is 44.2 Å². The van der Waals surface area contributed by atoms with Crippen molar-refractivity contribution < 1.29 is 19.4 Å². The third-order valence-electron chi connectivity index (χ3n) is 5.07. The number of carbonyl (C=O) groups is 1. The van der Waals surface area contributed by atoms with Crippen molar-refractivity contribution in [3.05, 3.63) is 53.6 Å². The second-order valence-corrected chi connectivity index (χ2v) is 7.36. The van der Waals surface area contributed by atoms with Crippen LogP contribution in [0.4, 0.5) is 4.79 Å². The number of benzene rings is 2. The largest absolute Gasteiger partial charge is 0.468 e. The Labute approximate surface area is 153 Å². The van der Waals surface area contributed by atoms with E-state index in [9.17, 15) is 9.90 Å². The smallest absolute Gasteiger partial charge is 0.405 e. The molecule has 0 aliphatic heterocycles. The van der Waals surface area contributed by atoms with E-state index in [0.717, 1.165) is 35.3 Å². The van der Waals surface area contributed by atoms with E-state index in [2.05, 4.69) is 37.4 Å². The van der Waals surface area contributed by atoms with E-state index in [1.165, 1.54) is 5.56 Å². The predicted molar refractivity (Wildman–Crippen MR) is 100 cm³/mol. The van der Waals surface area contributed by atoms with Crippen LogP contribution in [0.2, 0.25) is 0 Å². The number of ether oxygens (including phenoxy) is 2. The van der Waals surface area contributed by atoms with Crippen molar-refractivity contribution in [2.24, 2.45) is 5.41 Å². The van der Waals surface area contributed by atoms with Gasteiger partial charge in [0.15, 0.2) is 6.79 Å². The molecule has 0 saturated carbocycles. The van der Waals surface area contributed by atoms with Crippen molar-refractivity contribution in [1.82, 2.24) is 5.32 Å². The molecule has 1 aliphatic rings. The molecule has 3 rings (SSSR count). The molecule has 5 heteroatoms. The molecule has 1 unspecified atom stereocenters. The molecular weight excluding hydrogens is 330 g/mol. The lowest BCUT2D eigenvalue weighted by atomic mass is 9.70. The number of fused-ring (bicyclic) bond motifs is 1. The first kappa shape index (κ1) is 18.3. The molecule has 0 spiro atoms. The van der Waals surface area contributed by atoms with Crippen LogP contribution in [0.5, 0.6) is 5.75 Å². The molecule has 138 valence electrons. The lowest BCUT2D eigenvalue weighted by Crippen LogP contribution is -2.40. The Hall–Kier alpha value is -2.53. The van der Waals surface area contributed by atoms with Gasteiger partial charge in [0.2, 0.25) is 0 Å². The second kappa shape index (κ2) is 7.38. The first-order valence-electron chi connectivity index (χ1n) is 8.75. The summed E-state index contributed by atoms with van der Waals surface area (Å²) in [6, 6.07) is 14.0. The molecule has 5 nitrogen and oxygen atoms in total. The van der Waals surface area contributed by atoms with Gasteiger partial charge in [-0.05, 0) is 52.6 Å². The van der Waals surface area contributed by atoms with Crippen LogP contribution in [-0.2, 0) is 11.2 Å². The zero-order valence-corrected chi connectivity index (χ0v) is 15.4. The van der Waals surface area contributed by atoms with Gasteiger partial charge in [-0.3, -0.25) is 0 Å². The third-order valence-corrected chi connectivity index (χ3v) is 5.07. The lowest BCUT2D eigenvalue weighted by molar-refractivity contribution is 0.0511. The number of hydrogen-bond acceptors (Lipinski definition) is 3. The van der Waals surface area contributed by atoms with Gasteiger partial charge in [0, 0.05) is 7.11 Å². The highest BCUT2D eigenvalue weighted by atomic mass is 16.7. The van der Waals surface area contributed by atoms with Crippen molar-refractivity contribution in [3.8, 4) is 16.9 Å². The van der Waals surface area contributed by atoms with Crippen LogP contribution in [0.15, 0.2) is 42.5 Å². The summed E-state index contributed by atoms with van der Waals surface area (Å²) in [5.41, 5.74) is 4.40. The fraction of sp³-hybridized carbons (Fsp3) is 0.381. The van der Waals surface area contributed by atoms with E-state index in [4.69, 9.17) is 9.47 Å². The maximum atomic E-state index is 11.2. The summed E-state index contributed by atoms with van der Waals surface area (Å²) >= 11 is 0. The van der Waals surface area contributed by atoms with E-state index in [0.29, 0.717) is 0 Å². The molecule has 2 aromatic rings. The first-order valence-corrected chi connectivity index (χ1v) is 8.75. The molecule has 1 aliphatic carbocycles. The average molecular weight is 355 g/mol. The molecule has 0 heterocycles. The monoisotopic (exact) mass is 355 g/mol. The number of amides is 1. The van der Waals surface area contributed by atoms with Gasteiger partial charge in [-0.25, -0.2) is 4.79 Å².